The summed E-state index contributed by atoms with van der Waals surface area (Å²) in [6, 6.07) is 10.7. The Morgan fingerprint density at radius 1 is 1.43 bits per heavy atom. The first-order valence-electron chi connectivity index (χ1n) is 4.78. The van der Waals surface area contributed by atoms with Gasteiger partial charge in [-0.3, -0.25) is 0 Å². The van der Waals surface area contributed by atoms with Crippen LogP contribution >= 0.6 is 12.2 Å². The zero-order chi connectivity index (χ0) is 10.4. The average molecular weight is 208 g/mol. The van der Waals surface area contributed by atoms with Crippen molar-refractivity contribution in [2.45, 2.75) is 25.8 Å². The van der Waals surface area contributed by atoms with Crippen LogP contribution in [0.5, 0.6) is 0 Å². The number of nitrogens with one attached hydrogen (secondary N) is 1. The summed E-state index contributed by atoms with van der Waals surface area (Å²) in [5.41, 5.74) is 6.73. The van der Waals surface area contributed by atoms with Crippen LogP contribution in [0.2, 0.25) is 0 Å². The average Bonchev–Trinajstić information content (AvgIpc) is 2.15. The van der Waals surface area contributed by atoms with Crippen LogP contribution in [0.4, 0.5) is 0 Å². The Morgan fingerprint density at radius 2 is 2.07 bits per heavy atom. The smallest absolute Gasteiger partial charge is 0.163 e. The minimum Gasteiger partial charge on any atom is -0.376 e. The third-order valence-corrected chi connectivity index (χ3v) is 2.22. The fraction of sp³-hybridized carbons (Fsp3) is 0.364. The summed E-state index contributed by atoms with van der Waals surface area (Å²) < 4.78 is 0. The highest BCUT2D eigenvalue weighted by Gasteiger charge is 2.01. The fourth-order valence-electron chi connectivity index (χ4n) is 1.34. The molecule has 2 nitrogen and oxygen atoms in total. The molecule has 0 bridgehead atoms. The van der Waals surface area contributed by atoms with E-state index < -0.39 is 0 Å². The van der Waals surface area contributed by atoms with Crippen LogP contribution in [0.3, 0.4) is 0 Å². The molecule has 0 aliphatic carbocycles. The topological polar surface area (TPSA) is 38.0 Å². The van der Waals surface area contributed by atoms with Gasteiger partial charge in [0, 0.05) is 6.04 Å². The molecule has 14 heavy (non-hydrogen) atoms. The maximum Gasteiger partial charge on any atom is 0.163 e. The lowest BCUT2D eigenvalue weighted by atomic mass is 10.1. The highest BCUT2D eigenvalue weighted by Crippen LogP contribution is 2.04. The maximum absolute atomic E-state index is 5.38. The second kappa shape index (κ2) is 5.60. The number of nitrogens with two attached hydrogens (primary N) is 1. The third kappa shape index (κ3) is 4.23. The molecule has 1 aromatic rings. The van der Waals surface area contributed by atoms with Crippen molar-refractivity contribution in [2.24, 2.45) is 5.73 Å². The van der Waals surface area contributed by atoms with Crippen molar-refractivity contribution in [1.29, 1.82) is 0 Å². The Balaban J connectivity index is 2.30. The Bertz CT molecular complexity index is 285. The first-order valence-corrected chi connectivity index (χ1v) is 5.19. The molecule has 0 aliphatic heterocycles. The van der Waals surface area contributed by atoms with Gasteiger partial charge in [0.15, 0.2) is 5.11 Å². The first kappa shape index (κ1) is 11.0. The molecule has 3 heteroatoms. The predicted molar refractivity (Wildman–Crippen MR) is 64.1 cm³/mol. The number of rotatable bonds is 4. The Kier molecular flexibility index (Phi) is 4.40. The van der Waals surface area contributed by atoms with Crippen molar-refractivity contribution < 1.29 is 0 Å². The molecule has 1 aromatic carbocycles. The SMILES string of the molecule is CC(CCc1ccccc1)NC(N)=S. The minimum absolute atomic E-state index is 0.340. The van der Waals surface area contributed by atoms with Gasteiger partial charge in [0.2, 0.25) is 0 Å². The van der Waals surface area contributed by atoms with E-state index in [0.29, 0.717) is 11.2 Å². The van der Waals surface area contributed by atoms with E-state index in [9.17, 15) is 0 Å². The van der Waals surface area contributed by atoms with Gasteiger partial charge >= 0.3 is 0 Å². The lowest BCUT2D eigenvalue weighted by Crippen LogP contribution is -2.36. The molecule has 0 aromatic heterocycles. The summed E-state index contributed by atoms with van der Waals surface area (Å²) in [5, 5.41) is 3.40. The molecular formula is C11H16N2S. The number of aryl methyl sites for hydroxylation is 1. The number of hydrogen-bond acceptors (Lipinski definition) is 1. The lowest BCUT2D eigenvalue weighted by Gasteiger charge is -2.13. The van der Waals surface area contributed by atoms with Crippen LogP contribution in [0, 0.1) is 0 Å². The summed E-state index contributed by atoms with van der Waals surface area (Å²) in [5.74, 6) is 0. The van der Waals surface area contributed by atoms with Crippen molar-refractivity contribution >= 4 is 17.3 Å². The molecule has 3 N–H and O–H groups in total. The number of hydrogen-bond donors (Lipinski definition) is 2. The molecule has 0 spiro atoms. The monoisotopic (exact) mass is 208 g/mol. The van der Waals surface area contributed by atoms with E-state index in [1.165, 1.54) is 5.56 Å². The standard InChI is InChI=1S/C11H16N2S/c1-9(13-11(12)14)7-8-10-5-3-2-4-6-10/h2-6,9H,7-8H2,1H3,(H3,12,13,14). The molecule has 76 valence electrons. The summed E-state index contributed by atoms with van der Waals surface area (Å²) in [7, 11) is 0. The Morgan fingerprint density at radius 3 is 2.64 bits per heavy atom. The van der Waals surface area contributed by atoms with Gasteiger partial charge in [0.1, 0.15) is 0 Å². The molecule has 0 saturated heterocycles. The maximum atomic E-state index is 5.38. The van der Waals surface area contributed by atoms with Crippen LogP contribution in [0.25, 0.3) is 0 Å². The Hall–Kier alpha value is -1.09. The van der Waals surface area contributed by atoms with Crippen molar-refractivity contribution in [2.75, 3.05) is 0 Å². The first-order chi connectivity index (χ1) is 6.68. The predicted octanol–water partition coefficient (Wildman–Crippen LogP) is 1.84. The van der Waals surface area contributed by atoms with E-state index >= 15 is 0 Å². The van der Waals surface area contributed by atoms with Gasteiger partial charge in [-0.1, -0.05) is 30.3 Å². The van der Waals surface area contributed by atoms with E-state index in [-0.39, 0.29) is 0 Å². The lowest BCUT2D eigenvalue weighted by molar-refractivity contribution is 0.608. The van der Waals surface area contributed by atoms with Crippen LogP contribution in [-0.2, 0) is 6.42 Å². The van der Waals surface area contributed by atoms with E-state index in [0.717, 1.165) is 12.8 Å². The molecule has 0 amide bonds. The molecule has 0 heterocycles. The molecule has 1 rings (SSSR count). The molecule has 1 unspecified atom stereocenters. The quantitative estimate of drug-likeness (QED) is 0.742. The van der Waals surface area contributed by atoms with Crippen molar-refractivity contribution in [3.8, 4) is 0 Å². The third-order valence-electron chi connectivity index (χ3n) is 2.10. The van der Waals surface area contributed by atoms with Gasteiger partial charge in [-0.05, 0) is 37.5 Å². The summed E-state index contributed by atoms with van der Waals surface area (Å²) in [6.07, 6.45) is 2.10. The highest BCUT2D eigenvalue weighted by atomic mass is 32.1. The molecule has 1 atom stereocenters. The Labute approximate surface area is 90.5 Å². The normalized spacial score (nSPS) is 12.1. The van der Waals surface area contributed by atoms with Crippen LogP contribution in [0.1, 0.15) is 18.9 Å². The van der Waals surface area contributed by atoms with E-state index in [2.05, 4.69) is 36.5 Å². The van der Waals surface area contributed by atoms with Gasteiger partial charge in [0.25, 0.3) is 0 Å². The summed E-state index contributed by atoms with van der Waals surface area (Å²) >= 11 is 4.77. The zero-order valence-electron chi connectivity index (χ0n) is 8.36. The van der Waals surface area contributed by atoms with Crippen LogP contribution in [-0.4, -0.2) is 11.2 Å². The molecule has 0 fully saturated rings. The second-order valence-electron chi connectivity index (χ2n) is 3.43. The minimum atomic E-state index is 0.340. The number of benzene rings is 1. The fourth-order valence-corrected chi connectivity index (χ4v) is 1.54. The largest absolute Gasteiger partial charge is 0.376 e. The zero-order valence-corrected chi connectivity index (χ0v) is 9.18. The van der Waals surface area contributed by atoms with Crippen LogP contribution < -0.4 is 11.1 Å². The van der Waals surface area contributed by atoms with Crippen molar-refractivity contribution in [3.63, 3.8) is 0 Å². The van der Waals surface area contributed by atoms with Crippen molar-refractivity contribution in [1.82, 2.24) is 5.32 Å². The second-order valence-corrected chi connectivity index (χ2v) is 3.87. The highest BCUT2D eigenvalue weighted by molar-refractivity contribution is 7.80. The number of thiocarbonyl (C=S) groups is 1. The van der Waals surface area contributed by atoms with Crippen LogP contribution in [0.15, 0.2) is 30.3 Å². The molecule has 0 saturated carbocycles. The van der Waals surface area contributed by atoms with Crippen molar-refractivity contribution in [3.05, 3.63) is 35.9 Å². The molecule has 0 aliphatic rings. The van der Waals surface area contributed by atoms with Gasteiger partial charge < -0.3 is 11.1 Å². The van der Waals surface area contributed by atoms with Gasteiger partial charge in [-0.25, -0.2) is 0 Å². The summed E-state index contributed by atoms with van der Waals surface area (Å²) in [4.78, 5) is 0. The van der Waals surface area contributed by atoms with E-state index in [4.69, 9.17) is 18.0 Å². The van der Waals surface area contributed by atoms with Gasteiger partial charge in [0.05, 0.1) is 0 Å². The van der Waals surface area contributed by atoms with E-state index in [1.807, 2.05) is 6.07 Å². The molecular weight excluding hydrogens is 192 g/mol. The van der Waals surface area contributed by atoms with Gasteiger partial charge in [-0.2, -0.15) is 0 Å². The summed E-state index contributed by atoms with van der Waals surface area (Å²) in [6.45, 7) is 2.09. The van der Waals surface area contributed by atoms with Gasteiger partial charge in [-0.15, -0.1) is 0 Å². The molecule has 0 radical (unpaired) electrons. The van der Waals surface area contributed by atoms with E-state index in [1.54, 1.807) is 0 Å².